The molecule has 1 heterocycles. The summed E-state index contributed by atoms with van der Waals surface area (Å²) in [6, 6.07) is 6.81. The van der Waals surface area contributed by atoms with E-state index in [1.54, 1.807) is 0 Å². The van der Waals surface area contributed by atoms with E-state index >= 15 is 0 Å². The van der Waals surface area contributed by atoms with Gasteiger partial charge in [-0.1, -0.05) is 40.0 Å². The summed E-state index contributed by atoms with van der Waals surface area (Å²) in [5.74, 6) is 0.857. The molecule has 1 aromatic heterocycles. The molecule has 2 aromatic rings. The van der Waals surface area contributed by atoms with Crippen molar-refractivity contribution in [3.63, 3.8) is 0 Å². The van der Waals surface area contributed by atoms with Crippen LogP contribution in [0.1, 0.15) is 52.9 Å². The monoisotopic (exact) mass is 313 g/mol. The lowest BCUT2D eigenvalue weighted by Gasteiger charge is -2.36. The minimum Gasteiger partial charge on any atom is -0.371 e. The van der Waals surface area contributed by atoms with Crippen LogP contribution in [0.25, 0.3) is 10.9 Å². The van der Waals surface area contributed by atoms with Gasteiger partial charge in [-0.2, -0.15) is 5.10 Å². The maximum atomic E-state index is 4.38. The van der Waals surface area contributed by atoms with Crippen LogP contribution in [0.2, 0.25) is 0 Å². The smallest absolute Gasteiger partial charge is 0.0680 e. The fourth-order valence-corrected chi connectivity index (χ4v) is 3.86. The third-order valence-corrected chi connectivity index (χ3v) is 4.96. The largest absolute Gasteiger partial charge is 0.371 e. The second-order valence-corrected chi connectivity index (χ2v) is 8.46. The molecule has 1 aliphatic carbocycles. The molecule has 0 aliphatic heterocycles. The molecule has 0 amide bonds. The zero-order chi connectivity index (χ0) is 16.4. The third-order valence-electron chi connectivity index (χ3n) is 4.96. The Bertz CT molecular complexity index is 644. The van der Waals surface area contributed by atoms with Gasteiger partial charge >= 0.3 is 0 Å². The summed E-state index contributed by atoms with van der Waals surface area (Å²) in [5, 5.41) is 5.63. The fraction of sp³-hybridized carbons (Fsp3) is 0.650. The number of rotatable bonds is 4. The van der Waals surface area contributed by atoms with E-state index in [1.165, 1.54) is 55.2 Å². The molecule has 0 N–H and O–H groups in total. The maximum Gasteiger partial charge on any atom is 0.0680 e. The van der Waals surface area contributed by atoms with Gasteiger partial charge in [-0.15, -0.1) is 0 Å². The van der Waals surface area contributed by atoms with Crippen LogP contribution in [0.3, 0.4) is 0 Å². The van der Waals surface area contributed by atoms with Gasteiger partial charge < -0.3 is 4.90 Å². The SMILES string of the molecule is Cn1ncc2cc(N(CC3CCCCC3)CC(C)(C)C)ccc21. The second-order valence-electron chi connectivity index (χ2n) is 8.46. The molecule has 1 saturated carbocycles. The van der Waals surface area contributed by atoms with Crippen LogP contribution in [-0.4, -0.2) is 22.9 Å². The van der Waals surface area contributed by atoms with Gasteiger partial charge in [0.15, 0.2) is 0 Å². The molecule has 0 atom stereocenters. The Labute approximate surface area is 140 Å². The van der Waals surface area contributed by atoms with Crippen molar-refractivity contribution in [2.24, 2.45) is 18.4 Å². The van der Waals surface area contributed by atoms with Crippen molar-refractivity contribution in [1.82, 2.24) is 9.78 Å². The number of aromatic nitrogens is 2. The molecule has 0 unspecified atom stereocenters. The van der Waals surface area contributed by atoms with Crippen molar-refractivity contribution >= 4 is 16.6 Å². The first kappa shape index (κ1) is 16.4. The molecule has 3 nitrogen and oxygen atoms in total. The fourth-order valence-electron chi connectivity index (χ4n) is 3.86. The number of hydrogen-bond acceptors (Lipinski definition) is 2. The molecule has 0 bridgehead atoms. The molecular formula is C20H31N3. The Morgan fingerprint density at radius 2 is 1.91 bits per heavy atom. The molecule has 0 spiro atoms. The predicted molar refractivity (Wildman–Crippen MR) is 99.0 cm³/mol. The van der Waals surface area contributed by atoms with Crippen LogP contribution >= 0.6 is 0 Å². The zero-order valence-corrected chi connectivity index (χ0v) is 15.2. The lowest BCUT2D eigenvalue weighted by Crippen LogP contribution is -2.37. The van der Waals surface area contributed by atoms with E-state index in [4.69, 9.17) is 0 Å². The van der Waals surface area contributed by atoms with Crippen molar-refractivity contribution in [3.8, 4) is 0 Å². The highest BCUT2D eigenvalue weighted by Crippen LogP contribution is 2.30. The van der Waals surface area contributed by atoms with E-state index in [-0.39, 0.29) is 0 Å². The van der Waals surface area contributed by atoms with E-state index in [9.17, 15) is 0 Å². The van der Waals surface area contributed by atoms with Crippen molar-refractivity contribution in [3.05, 3.63) is 24.4 Å². The highest BCUT2D eigenvalue weighted by Gasteiger charge is 2.22. The summed E-state index contributed by atoms with van der Waals surface area (Å²) < 4.78 is 1.95. The molecule has 23 heavy (non-hydrogen) atoms. The first-order valence-electron chi connectivity index (χ1n) is 9.09. The number of anilines is 1. The van der Waals surface area contributed by atoms with Gasteiger partial charge in [0.05, 0.1) is 11.7 Å². The normalized spacial score (nSPS) is 16.9. The van der Waals surface area contributed by atoms with Gasteiger partial charge in [-0.05, 0) is 42.4 Å². The molecule has 126 valence electrons. The topological polar surface area (TPSA) is 21.1 Å². The summed E-state index contributed by atoms with van der Waals surface area (Å²) in [7, 11) is 2.01. The Morgan fingerprint density at radius 3 is 2.61 bits per heavy atom. The Kier molecular flexibility index (Phi) is 4.65. The van der Waals surface area contributed by atoms with Gasteiger partial charge in [0.2, 0.25) is 0 Å². The Morgan fingerprint density at radius 1 is 1.17 bits per heavy atom. The Balaban J connectivity index is 1.85. The Hall–Kier alpha value is -1.51. The summed E-state index contributed by atoms with van der Waals surface area (Å²) in [5.41, 5.74) is 2.87. The van der Waals surface area contributed by atoms with Gasteiger partial charge in [0.25, 0.3) is 0 Å². The molecule has 1 fully saturated rings. The van der Waals surface area contributed by atoms with Crippen LogP contribution in [0.4, 0.5) is 5.69 Å². The lowest BCUT2D eigenvalue weighted by molar-refractivity contribution is 0.336. The summed E-state index contributed by atoms with van der Waals surface area (Å²) in [4.78, 5) is 2.61. The van der Waals surface area contributed by atoms with E-state index in [0.717, 1.165) is 12.5 Å². The van der Waals surface area contributed by atoms with Crippen LogP contribution in [0.15, 0.2) is 24.4 Å². The van der Waals surface area contributed by atoms with E-state index in [0.29, 0.717) is 5.41 Å². The standard InChI is InChI=1S/C20H31N3/c1-20(2,3)15-23(14-16-8-6-5-7-9-16)18-10-11-19-17(12-18)13-21-22(19)4/h10-13,16H,5-9,14-15H2,1-4H3. The van der Waals surface area contributed by atoms with Gasteiger partial charge in [-0.25, -0.2) is 0 Å². The first-order valence-corrected chi connectivity index (χ1v) is 9.09. The predicted octanol–water partition coefficient (Wildman–Crippen LogP) is 5.01. The zero-order valence-electron chi connectivity index (χ0n) is 15.2. The number of benzene rings is 1. The average Bonchev–Trinajstić information content (AvgIpc) is 2.87. The lowest BCUT2D eigenvalue weighted by atomic mass is 9.88. The van der Waals surface area contributed by atoms with E-state index < -0.39 is 0 Å². The average molecular weight is 313 g/mol. The van der Waals surface area contributed by atoms with Crippen LogP contribution in [-0.2, 0) is 7.05 Å². The van der Waals surface area contributed by atoms with Crippen molar-refractivity contribution < 1.29 is 0 Å². The maximum absolute atomic E-state index is 4.38. The molecule has 1 aliphatic rings. The number of nitrogens with zero attached hydrogens (tertiary/aromatic N) is 3. The van der Waals surface area contributed by atoms with Gasteiger partial charge in [0, 0.05) is 31.2 Å². The van der Waals surface area contributed by atoms with E-state index in [2.05, 4.69) is 49.0 Å². The quantitative estimate of drug-likeness (QED) is 0.791. The molecule has 3 heteroatoms. The van der Waals surface area contributed by atoms with Gasteiger partial charge in [-0.3, -0.25) is 4.68 Å². The van der Waals surface area contributed by atoms with Crippen LogP contribution in [0.5, 0.6) is 0 Å². The second kappa shape index (κ2) is 6.54. The van der Waals surface area contributed by atoms with Crippen LogP contribution in [0, 0.1) is 11.3 Å². The minimum atomic E-state index is 0.304. The van der Waals surface area contributed by atoms with Crippen molar-refractivity contribution in [2.75, 3.05) is 18.0 Å². The molecular weight excluding hydrogens is 282 g/mol. The summed E-state index contributed by atoms with van der Waals surface area (Å²) >= 11 is 0. The minimum absolute atomic E-state index is 0.304. The van der Waals surface area contributed by atoms with Crippen LogP contribution < -0.4 is 4.90 Å². The third kappa shape index (κ3) is 4.07. The highest BCUT2D eigenvalue weighted by atomic mass is 15.2. The molecule has 3 rings (SSSR count). The molecule has 0 radical (unpaired) electrons. The number of aryl methyl sites for hydroxylation is 1. The summed E-state index contributed by atoms with van der Waals surface area (Å²) in [6.45, 7) is 9.31. The summed E-state index contributed by atoms with van der Waals surface area (Å²) in [6.07, 6.45) is 9.03. The van der Waals surface area contributed by atoms with Crippen molar-refractivity contribution in [1.29, 1.82) is 0 Å². The molecule has 1 aromatic carbocycles. The van der Waals surface area contributed by atoms with Crippen molar-refractivity contribution in [2.45, 2.75) is 52.9 Å². The number of fused-ring (bicyclic) bond motifs is 1. The highest BCUT2D eigenvalue weighted by molar-refractivity contribution is 5.82. The molecule has 0 saturated heterocycles. The number of hydrogen-bond donors (Lipinski definition) is 0. The van der Waals surface area contributed by atoms with E-state index in [1.807, 2.05) is 17.9 Å². The first-order chi connectivity index (χ1) is 10.9. The van der Waals surface area contributed by atoms with Gasteiger partial charge in [0.1, 0.15) is 0 Å².